The third kappa shape index (κ3) is 4.22. The fourth-order valence-electron chi connectivity index (χ4n) is 1.09. The smallest absolute Gasteiger partial charge is 0.324 e. The first-order valence-electron chi connectivity index (χ1n) is 5.06. The van der Waals surface area contributed by atoms with Crippen LogP contribution in [-0.2, 0) is 9.09 Å². The maximum atomic E-state index is 11.4. The van der Waals surface area contributed by atoms with Gasteiger partial charge >= 0.3 is 7.60 Å². The fourth-order valence-corrected chi connectivity index (χ4v) is 1.98. The zero-order chi connectivity index (χ0) is 11.5. The fraction of sp³-hybridized carbons (Fsp3) is 0.636. The SMILES string of the molecule is CCP(=O)(O)OC(C)(C)C#CC1C=CC1. The Morgan fingerprint density at radius 3 is 2.67 bits per heavy atom. The Hall–Kier alpha value is -0.550. The van der Waals surface area contributed by atoms with E-state index in [9.17, 15) is 9.46 Å². The van der Waals surface area contributed by atoms with Gasteiger partial charge in [-0.3, -0.25) is 9.09 Å². The van der Waals surface area contributed by atoms with Gasteiger partial charge in [-0.1, -0.05) is 30.9 Å². The summed E-state index contributed by atoms with van der Waals surface area (Å²) in [6, 6.07) is 0. The number of rotatable bonds is 3. The van der Waals surface area contributed by atoms with Crippen molar-refractivity contribution < 1.29 is 14.0 Å². The van der Waals surface area contributed by atoms with Gasteiger partial charge < -0.3 is 4.89 Å². The zero-order valence-electron chi connectivity index (χ0n) is 9.36. The standard InChI is InChI=1S/C11H17O3P/c1-4-15(12,13)14-11(2,3)9-8-10-6-5-7-10/h5-6,10H,4,7H2,1-3H3,(H,12,13). The van der Waals surface area contributed by atoms with Crippen molar-refractivity contribution in [3.8, 4) is 11.8 Å². The molecule has 15 heavy (non-hydrogen) atoms. The molecule has 1 N–H and O–H groups in total. The van der Waals surface area contributed by atoms with Gasteiger partial charge in [0.1, 0.15) is 5.60 Å². The molecule has 0 aromatic carbocycles. The van der Waals surface area contributed by atoms with Crippen LogP contribution in [0.3, 0.4) is 0 Å². The molecule has 84 valence electrons. The van der Waals surface area contributed by atoms with Gasteiger partial charge in [0.25, 0.3) is 0 Å². The molecule has 0 saturated carbocycles. The second-order valence-electron chi connectivity index (χ2n) is 4.09. The van der Waals surface area contributed by atoms with E-state index in [2.05, 4.69) is 17.9 Å². The van der Waals surface area contributed by atoms with E-state index in [0.717, 1.165) is 6.42 Å². The van der Waals surface area contributed by atoms with Gasteiger partial charge in [-0.15, -0.1) is 0 Å². The van der Waals surface area contributed by atoms with Crippen molar-refractivity contribution in [3.63, 3.8) is 0 Å². The Bertz CT molecular complexity index is 360. The monoisotopic (exact) mass is 228 g/mol. The first-order valence-corrected chi connectivity index (χ1v) is 6.83. The van der Waals surface area contributed by atoms with Crippen LogP contribution in [0.2, 0.25) is 0 Å². The van der Waals surface area contributed by atoms with Crippen molar-refractivity contribution >= 4 is 7.60 Å². The average molecular weight is 228 g/mol. The molecule has 1 aliphatic rings. The van der Waals surface area contributed by atoms with Gasteiger partial charge in [0.05, 0.1) is 0 Å². The van der Waals surface area contributed by atoms with Gasteiger partial charge in [0.15, 0.2) is 0 Å². The third-order valence-electron chi connectivity index (χ3n) is 2.09. The van der Waals surface area contributed by atoms with Crippen LogP contribution >= 0.6 is 7.60 Å². The highest BCUT2D eigenvalue weighted by molar-refractivity contribution is 7.52. The van der Waals surface area contributed by atoms with Gasteiger partial charge in [0.2, 0.25) is 0 Å². The highest BCUT2D eigenvalue weighted by Gasteiger charge is 2.27. The summed E-state index contributed by atoms with van der Waals surface area (Å²) < 4.78 is 16.5. The van der Waals surface area contributed by atoms with E-state index in [1.807, 2.05) is 6.08 Å². The zero-order valence-corrected chi connectivity index (χ0v) is 10.3. The molecule has 1 rings (SSSR count). The van der Waals surface area contributed by atoms with E-state index in [0.29, 0.717) is 0 Å². The summed E-state index contributed by atoms with van der Waals surface area (Å²) in [4.78, 5) is 9.35. The minimum absolute atomic E-state index is 0.113. The minimum atomic E-state index is -3.47. The number of allylic oxidation sites excluding steroid dienone is 2. The highest BCUT2D eigenvalue weighted by Crippen LogP contribution is 2.45. The van der Waals surface area contributed by atoms with E-state index in [4.69, 9.17) is 4.52 Å². The maximum Gasteiger partial charge on any atom is 0.329 e. The first-order chi connectivity index (χ1) is 6.85. The summed E-state index contributed by atoms with van der Waals surface area (Å²) in [6.45, 7) is 5.04. The number of hydrogen-bond acceptors (Lipinski definition) is 2. The van der Waals surface area contributed by atoms with Crippen molar-refractivity contribution in [2.24, 2.45) is 5.92 Å². The Labute approximate surface area is 91.1 Å². The van der Waals surface area contributed by atoms with E-state index >= 15 is 0 Å². The molecule has 4 heteroatoms. The summed E-state index contributed by atoms with van der Waals surface area (Å²) in [7, 11) is -3.47. The maximum absolute atomic E-state index is 11.4. The summed E-state index contributed by atoms with van der Waals surface area (Å²) in [5.74, 6) is 6.19. The Balaban J connectivity index is 2.60. The van der Waals surface area contributed by atoms with Crippen LogP contribution < -0.4 is 0 Å². The summed E-state index contributed by atoms with van der Waals surface area (Å²) in [5.41, 5.74) is -0.857. The first kappa shape index (κ1) is 12.5. The van der Waals surface area contributed by atoms with Crippen molar-refractivity contribution in [2.75, 3.05) is 6.16 Å². The molecule has 0 spiro atoms. The molecule has 0 heterocycles. The number of hydrogen-bond donors (Lipinski definition) is 1. The summed E-state index contributed by atoms with van der Waals surface area (Å²) in [6.07, 6.45) is 5.15. The van der Waals surface area contributed by atoms with Crippen molar-refractivity contribution in [3.05, 3.63) is 12.2 Å². The molecule has 0 bridgehead atoms. The normalized spacial score (nSPS) is 23.6. The van der Waals surface area contributed by atoms with Gasteiger partial charge in [-0.05, 0) is 20.3 Å². The molecule has 0 aromatic heterocycles. The minimum Gasteiger partial charge on any atom is -0.324 e. The summed E-state index contributed by atoms with van der Waals surface area (Å²) >= 11 is 0. The lowest BCUT2D eigenvalue weighted by molar-refractivity contribution is 0.148. The van der Waals surface area contributed by atoms with Gasteiger partial charge in [0, 0.05) is 12.1 Å². The topological polar surface area (TPSA) is 46.5 Å². The molecule has 1 aliphatic carbocycles. The molecule has 0 amide bonds. The second kappa shape index (κ2) is 4.53. The van der Waals surface area contributed by atoms with Crippen molar-refractivity contribution in [2.45, 2.75) is 32.8 Å². The van der Waals surface area contributed by atoms with Gasteiger partial charge in [-0.25, -0.2) is 0 Å². The third-order valence-corrected chi connectivity index (χ3v) is 3.63. The molecule has 2 atom stereocenters. The van der Waals surface area contributed by atoms with Crippen LogP contribution in [-0.4, -0.2) is 16.7 Å². The highest BCUT2D eigenvalue weighted by atomic mass is 31.2. The van der Waals surface area contributed by atoms with Crippen molar-refractivity contribution in [1.29, 1.82) is 0 Å². The molecule has 0 radical (unpaired) electrons. The molecule has 2 unspecified atom stereocenters. The molecule has 0 aromatic rings. The van der Waals surface area contributed by atoms with Gasteiger partial charge in [-0.2, -0.15) is 0 Å². The van der Waals surface area contributed by atoms with Crippen LogP contribution in [0.25, 0.3) is 0 Å². The average Bonchev–Trinajstić information content (AvgIpc) is 1.99. The predicted molar refractivity (Wildman–Crippen MR) is 60.6 cm³/mol. The lowest BCUT2D eigenvalue weighted by Gasteiger charge is -2.22. The van der Waals surface area contributed by atoms with Crippen LogP contribution in [0.4, 0.5) is 0 Å². The van der Waals surface area contributed by atoms with Crippen molar-refractivity contribution in [1.82, 2.24) is 0 Å². The molecule has 0 fully saturated rings. The van der Waals surface area contributed by atoms with Crippen LogP contribution in [0.5, 0.6) is 0 Å². The molecule has 0 aliphatic heterocycles. The quantitative estimate of drug-likeness (QED) is 0.458. The van der Waals surface area contributed by atoms with E-state index in [1.54, 1.807) is 20.8 Å². The molecule has 0 saturated heterocycles. The molecular weight excluding hydrogens is 211 g/mol. The predicted octanol–water partition coefficient (Wildman–Crippen LogP) is 2.57. The van der Waals surface area contributed by atoms with Crippen LogP contribution in [0.15, 0.2) is 12.2 Å². The molecular formula is C11H17O3P. The lowest BCUT2D eigenvalue weighted by atomic mass is 9.95. The molecule has 3 nitrogen and oxygen atoms in total. The Kier molecular flexibility index (Phi) is 3.78. The van der Waals surface area contributed by atoms with Crippen LogP contribution in [0, 0.1) is 17.8 Å². The van der Waals surface area contributed by atoms with E-state index in [-0.39, 0.29) is 12.1 Å². The summed E-state index contributed by atoms with van der Waals surface area (Å²) in [5, 5.41) is 0. The largest absolute Gasteiger partial charge is 0.329 e. The van der Waals surface area contributed by atoms with Crippen LogP contribution in [0.1, 0.15) is 27.2 Å². The Morgan fingerprint density at radius 1 is 1.67 bits per heavy atom. The lowest BCUT2D eigenvalue weighted by Crippen LogP contribution is -2.21. The van der Waals surface area contributed by atoms with E-state index in [1.165, 1.54) is 0 Å². The Morgan fingerprint density at radius 2 is 2.27 bits per heavy atom. The second-order valence-corrected chi connectivity index (χ2v) is 6.18. The van der Waals surface area contributed by atoms with E-state index < -0.39 is 13.2 Å².